The van der Waals surface area contributed by atoms with Crippen molar-refractivity contribution in [3.63, 3.8) is 0 Å². The van der Waals surface area contributed by atoms with Crippen molar-refractivity contribution in [3.05, 3.63) is 66.5 Å². The first kappa shape index (κ1) is 28.2. The lowest BCUT2D eigenvalue weighted by Gasteiger charge is -2.33. The molecule has 3 heterocycles. The minimum Gasteiger partial charge on any atom is -0.492 e. The van der Waals surface area contributed by atoms with E-state index in [1.54, 1.807) is 17.3 Å². The second kappa shape index (κ2) is 12.4. The molecule has 5 rings (SSSR count). The van der Waals surface area contributed by atoms with Crippen LogP contribution in [0.2, 0.25) is 0 Å². The Bertz CT molecular complexity index is 1480. The molecule has 216 valence electrons. The SMILES string of the molecule is Cc1cc2cc(Oc3ccnc(Nc4cccc(OCCN5CCN(OC(=O)OC(C)(C)C)CC5)c4)n3)ccc2[nH]1. The molecule has 0 radical (unpaired) electrons. The number of aryl methyl sites for hydroxylation is 1. The first-order valence-corrected chi connectivity index (χ1v) is 13.7. The number of aromatic nitrogens is 3. The molecule has 0 aliphatic carbocycles. The van der Waals surface area contributed by atoms with Gasteiger partial charge < -0.3 is 29.3 Å². The first-order valence-electron chi connectivity index (χ1n) is 13.7. The van der Waals surface area contributed by atoms with Gasteiger partial charge in [-0.2, -0.15) is 4.98 Å². The number of fused-ring (bicyclic) bond motifs is 1. The van der Waals surface area contributed by atoms with Crippen LogP contribution in [0, 0.1) is 6.92 Å². The minimum absolute atomic E-state index is 0.421. The Balaban J connectivity index is 1.08. The van der Waals surface area contributed by atoms with Crippen LogP contribution in [0.4, 0.5) is 16.4 Å². The lowest BCUT2D eigenvalue weighted by molar-refractivity contribution is -0.158. The zero-order valence-electron chi connectivity index (χ0n) is 23.8. The molecule has 11 nitrogen and oxygen atoms in total. The number of aromatic amines is 1. The summed E-state index contributed by atoms with van der Waals surface area (Å²) < 4.78 is 17.2. The van der Waals surface area contributed by atoms with Crippen molar-refractivity contribution in [2.24, 2.45) is 0 Å². The first-order chi connectivity index (χ1) is 19.7. The summed E-state index contributed by atoms with van der Waals surface area (Å²) in [5, 5.41) is 5.95. The standard InChI is InChI=1S/C30H36N6O5/c1-21-18-22-19-25(8-9-26(22)32-21)39-27-10-11-31-28(34-27)33-23-6-5-7-24(20-23)38-17-16-35-12-14-36(15-13-35)41-29(37)40-30(2,3)4/h5-11,18-20,32H,12-17H2,1-4H3,(H,31,33,34). The van der Waals surface area contributed by atoms with Crippen molar-refractivity contribution in [1.82, 2.24) is 24.9 Å². The maximum absolute atomic E-state index is 11.9. The summed E-state index contributed by atoms with van der Waals surface area (Å²) in [6.07, 6.45) is 0.986. The summed E-state index contributed by atoms with van der Waals surface area (Å²) >= 11 is 0. The molecule has 41 heavy (non-hydrogen) atoms. The molecule has 2 aromatic carbocycles. The summed E-state index contributed by atoms with van der Waals surface area (Å²) in [5.41, 5.74) is 2.39. The summed E-state index contributed by atoms with van der Waals surface area (Å²) in [5.74, 6) is 2.31. The molecule has 0 amide bonds. The molecular formula is C30H36N6O5. The van der Waals surface area contributed by atoms with Crippen LogP contribution in [-0.2, 0) is 9.57 Å². The van der Waals surface area contributed by atoms with Crippen LogP contribution >= 0.6 is 0 Å². The van der Waals surface area contributed by atoms with Crippen LogP contribution in [0.25, 0.3) is 10.9 Å². The number of piperazine rings is 1. The fourth-order valence-electron chi connectivity index (χ4n) is 4.40. The highest BCUT2D eigenvalue weighted by atomic mass is 16.8. The highest BCUT2D eigenvalue weighted by Crippen LogP contribution is 2.26. The van der Waals surface area contributed by atoms with Crippen LogP contribution in [0.1, 0.15) is 26.5 Å². The van der Waals surface area contributed by atoms with E-state index in [1.807, 2.05) is 70.2 Å². The number of nitrogens with zero attached hydrogens (tertiary/aromatic N) is 4. The quantitative estimate of drug-likeness (QED) is 0.248. The van der Waals surface area contributed by atoms with Crippen LogP contribution in [0.5, 0.6) is 17.4 Å². The Kier molecular flexibility index (Phi) is 8.55. The van der Waals surface area contributed by atoms with Gasteiger partial charge in [-0.1, -0.05) is 6.07 Å². The van der Waals surface area contributed by atoms with Crippen LogP contribution in [-0.4, -0.2) is 76.0 Å². The van der Waals surface area contributed by atoms with Gasteiger partial charge in [0, 0.05) is 73.3 Å². The smallest absolute Gasteiger partial charge is 0.492 e. The Labute approximate surface area is 239 Å². The normalized spacial score (nSPS) is 14.5. The number of rotatable bonds is 9. The van der Waals surface area contributed by atoms with Gasteiger partial charge in [-0.05, 0) is 64.1 Å². The van der Waals surface area contributed by atoms with E-state index < -0.39 is 11.8 Å². The van der Waals surface area contributed by atoms with Gasteiger partial charge in [0.05, 0.1) is 0 Å². The maximum Gasteiger partial charge on any atom is 0.528 e. The number of benzene rings is 2. The Morgan fingerprint density at radius 1 is 1.02 bits per heavy atom. The van der Waals surface area contributed by atoms with Crippen molar-refractivity contribution in [1.29, 1.82) is 0 Å². The van der Waals surface area contributed by atoms with Crippen molar-refractivity contribution < 1.29 is 23.8 Å². The average Bonchev–Trinajstić information content (AvgIpc) is 3.28. The second-order valence-electron chi connectivity index (χ2n) is 10.8. The van der Waals surface area contributed by atoms with Crippen molar-refractivity contribution in [3.8, 4) is 17.4 Å². The van der Waals surface area contributed by atoms with Gasteiger partial charge in [-0.25, -0.2) is 9.78 Å². The molecule has 0 atom stereocenters. The van der Waals surface area contributed by atoms with Gasteiger partial charge in [0.15, 0.2) is 0 Å². The van der Waals surface area contributed by atoms with E-state index in [9.17, 15) is 4.79 Å². The maximum atomic E-state index is 11.9. The van der Waals surface area contributed by atoms with E-state index in [2.05, 4.69) is 31.2 Å². The monoisotopic (exact) mass is 560 g/mol. The third kappa shape index (κ3) is 8.32. The lowest BCUT2D eigenvalue weighted by atomic mass is 10.2. The molecule has 11 heteroatoms. The van der Waals surface area contributed by atoms with Crippen LogP contribution in [0.15, 0.2) is 60.8 Å². The van der Waals surface area contributed by atoms with Crippen molar-refractivity contribution in [2.75, 3.05) is 44.6 Å². The van der Waals surface area contributed by atoms with E-state index in [0.717, 1.165) is 47.7 Å². The van der Waals surface area contributed by atoms with E-state index in [-0.39, 0.29) is 0 Å². The van der Waals surface area contributed by atoms with Gasteiger partial charge in [-0.3, -0.25) is 4.90 Å². The minimum atomic E-state index is -0.669. The van der Waals surface area contributed by atoms with Crippen LogP contribution < -0.4 is 14.8 Å². The third-order valence-corrected chi connectivity index (χ3v) is 6.27. The number of hydroxylamine groups is 2. The molecule has 2 N–H and O–H groups in total. The highest BCUT2D eigenvalue weighted by Gasteiger charge is 2.24. The van der Waals surface area contributed by atoms with Gasteiger partial charge in [0.2, 0.25) is 11.8 Å². The average molecular weight is 561 g/mol. The fourth-order valence-corrected chi connectivity index (χ4v) is 4.40. The predicted octanol–water partition coefficient (Wildman–Crippen LogP) is 5.67. The molecule has 2 aromatic heterocycles. The summed E-state index contributed by atoms with van der Waals surface area (Å²) in [6.45, 7) is 11.5. The summed E-state index contributed by atoms with van der Waals surface area (Å²) in [7, 11) is 0. The molecular weight excluding hydrogens is 524 g/mol. The number of ether oxygens (including phenoxy) is 3. The molecule has 1 aliphatic rings. The second-order valence-corrected chi connectivity index (χ2v) is 10.8. The van der Waals surface area contributed by atoms with Gasteiger partial charge in [-0.15, -0.1) is 5.06 Å². The van der Waals surface area contributed by atoms with E-state index in [4.69, 9.17) is 19.0 Å². The molecule has 1 aliphatic heterocycles. The Morgan fingerprint density at radius 3 is 2.66 bits per heavy atom. The third-order valence-electron chi connectivity index (χ3n) is 6.27. The number of anilines is 2. The van der Waals surface area contributed by atoms with E-state index >= 15 is 0 Å². The molecule has 1 saturated heterocycles. The molecule has 4 aromatic rings. The number of H-pyrrole nitrogens is 1. The number of hydrogen-bond acceptors (Lipinski definition) is 10. The van der Waals surface area contributed by atoms with Gasteiger partial charge in [0.25, 0.3) is 0 Å². The summed E-state index contributed by atoms with van der Waals surface area (Å²) in [4.78, 5) is 31.6. The Morgan fingerprint density at radius 2 is 1.85 bits per heavy atom. The predicted molar refractivity (Wildman–Crippen MR) is 156 cm³/mol. The number of carbonyl (C=O) groups is 1. The summed E-state index contributed by atoms with van der Waals surface area (Å²) in [6, 6.07) is 17.3. The lowest BCUT2D eigenvalue weighted by Crippen LogP contribution is -2.48. The Hall–Kier alpha value is -4.35. The van der Waals surface area contributed by atoms with Gasteiger partial charge in [0.1, 0.15) is 23.7 Å². The highest BCUT2D eigenvalue weighted by molar-refractivity contribution is 5.81. The van der Waals surface area contributed by atoms with E-state index in [0.29, 0.717) is 37.3 Å². The van der Waals surface area contributed by atoms with Gasteiger partial charge >= 0.3 is 6.16 Å². The molecule has 0 saturated carbocycles. The topological polar surface area (TPSA) is 114 Å². The fraction of sp³-hybridized carbons (Fsp3) is 0.367. The number of carbonyl (C=O) groups excluding carboxylic acids is 1. The molecule has 1 fully saturated rings. The largest absolute Gasteiger partial charge is 0.528 e. The zero-order chi connectivity index (χ0) is 28.8. The van der Waals surface area contributed by atoms with E-state index in [1.165, 1.54) is 0 Å². The zero-order valence-corrected chi connectivity index (χ0v) is 23.8. The van der Waals surface area contributed by atoms with Crippen LogP contribution in [0.3, 0.4) is 0 Å². The number of nitrogens with one attached hydrogen (secondary N) is 2. The molecule has 0 bridgehead atoms. The number of hydrogen-bond donors (Lipinski definition) is 2. The molecule has 0 unspecified atom stereocenters. The van der Waals surface area contributed by atoms with Crippen molar-refractivity contribution in [2.45, 2.75) is 33.3 Å². The van der Waals surface area contributed by atoms with Crippen molar-refractivity contribution >= 4 is 28.7 Å². The molecule has 0 spiro atoms.